The summed E-state index contributed by atoms with van der Waals surface area (Å²) in [6, 6.07) is 14.3. The first-order valence-electron chi connectivity index (χ1n) is 9.44. The number of aromatic nitrogens is 4. The average molecular weight is 389 g/mol. The number of nitrogens with zero attached hydrogens (tertiary/aromatic N) is 5. The Hall–Kier alpha value is -3.06. The number of amides is 1. The van der Waals surface area contributed by atoms with Crippen molar-refractivity contribution in [2.75, 3.05) is 13.1 Å². The van der Waals surface area contributed by atoms with Crippen LogP contribution < -0.4 is 0 Å². The normalized spacial score (nSPS) is 14.5. The van der Waals surface area contributed by atoms with Gasteiger partial charge in [0, 0.05) is 34.3 Å². The van der Waals surface area contributed by atoms with Gasteiger partial charge in [0.2, 0.25) is 0 Å². The maximum Gasteiger partial charge on any atom is 0.253 e. The second-order valence-corrected chi connectivity index (χ2v) is 7.93. The van der Waals surface area contributed by atoms with Crippen molar-refractivity contribution >= 4 is 27.3 Å². The lowest BCUT2D eigenvalue weighted by Gasteiger charge is -2.27. The number of tetrazole rings is 1. The van der Waals surface area contributed by atoms with Gasteiger partial charge < -0.3 is 4.90 Å². The molecule has 1 aliphatic rings. The van der Waals surface area contributed by atoms with E-state index in [9.17, 15) is 4.79 Å². The van der Waals surface area contributed by atoms with Gasteiger partial charge in [-0.2, -0.15) is 0 Å². The van der Waals surface area contributed by atoms with E-state index < -0.39 is 0 Å². The molecule has 0 unspecified atom stereocenters. The van der Waals surface area contributed by atoms with Gasteiger partial charge in [-0.15, -0.1) is 16.4 Å². The summed E-state index contributed by atoms with van der Waals surface area (Å²) in [5.74, 6) is 0.0791. The Kier molecular flexibility index (Phi) is 4.37. The Morgan fingerprint density at radius 1 is 1.04 bits per heavy atom. The minimum Gasteiger partial charge on any atom is -0.339 e. The quantitative estimate of drug-likeness (QED) is 0.527. The second kappa shape index (κ2) is 7.16. The number of hydrogen-bond acceptors (Lipinski definition) is 5. The van der Waals surface area contributed by atoms with E-state index in [-0.39, 0.29) is 5.91 Å². The van der Waals surface area contributed by atoms with Crippen molar-refractivity contribution < 1.29 is 4.79 Å². The number of likely N-dealkylation sites (tertiary alicyclic amines) is 1. The number of piperidine rings is 1. The predicted octanol–water partition coefficient (Wildman–Crippen LogP) is 4.17. The van der Waals surface area contributed by atoms with Gasteiger partial charge in [0.1, 0.15) is 6.33 Å². The van der Waals surface area contributed by atoms with Gasteiger partial charge in [0.25, 0.3) is 5.91 Å². The summed E-state index contributed by atoms with van der Waals surface area (Å²) in [6.45, 7) is 1.65. The molecule has 5 rings (SSSR count). The molecule has 0 radical (unpaired) electrons. The highest BCUT2D eigenvalue weighted by atomic mass is 32.1. The van der Waals surface area contributed by atoms with E-state index in [0.717, 1.165) is 42.7 Å². The number of rotatable bonds is 3. The van der Waals surface area contributed by atoms with Crippen molar-refractivity contribution in [3.8, 4) is 16.8 Å². The Balaban J connectivity index is 1.64. The molecule has 0 aliphatic carbocycles. The van der Waals surface area contributed by atoms with Gasteiger partial charge in [-0.1, -0.05) is 18.2 Å². The van der Waals surface area contributed by atoms with Crippen LogP contribution in [0.25, 0.3) is 26.9 Å². The zero-order valence-corrected chi connectivity index (χ0v) is 16.1. The summed E-state index contributed by atoms with van der Waals surface area (Å²) in [5.41, 5.74) is 3.60. The van der Waals surface area contributed by atoms with Crippen molar-refractivity contribution in [3.63, 3.8) is 0 Å². The van der Waals surface area contributed by atoms with Crippen LogP contribution in [-0.2, 0) is 0 Å². The van der Waals surface area contributed by atoms with Gasteiger partial charge in [-0.25, -0.2) is 4.68 Å². The summed E-state index contributed by atoms with van der Waals surface area (Å²) in [6.07, 6.45) is 4.89. The van der Waals surface area contributed by atoms with E-state index in [2.05, 4.69) is 33.0 Å². The third kappa shape index (κ3) is 3.07. The molecule has 1 saturated heterocycles. The molecule has 6 nitrogen and oxygen atoms in total. The van der Waals surface area contributed by atoms with Crippen LogP contribution in [0.5, 0.6) is 0 Å². The van der Waals surface area contributed by atoms with E-state index >= 15 is 0 Å². The van der Waals surface area contributed by atoms with E-state index in [0.29, 0.717) is 5.56 Å². The fourth-order valence-electron chi connectivity index (χ4n) is 3.78. The summed E-state index contributed by atoms with van der Waals surface area (Å²) < 4.78 is 2.83. The minimum absolute atomic E-state index is 0.0791. The molecule has 1 amide bonds. The van der Waals surface area contributed by atoms with Crippen LogP contribution in [0.2, 0.25) is 0 Å². The van der Waals surface area contributed by atoms with Crippen molar-refractivity contribution in [2.45, 2.75) is 19.3 Å². The van der Waals surface area contributed by atoms with Crippen LogP contribution in [0.15, 0.2) is 54.2 Å². The molecule has 4 aromatic rings. The molecule has 3 heterocycles. The lowest BCUT2D eigenvalue weighted by molar-refractivity contribution is 0.0724. The molecule has 0 N–H and O–H groups in total. The predicted molar refractivity (Wildman–Crippen MR) is 110 cm³/mol. The lowest BCUT2D eigenvalue weighted by Crippen LogP contribution is -2.35. The van der Waals surface area contributed by atoms with Crippen molar-refractivity contribution in [2.24, 2.45) is 0 Å². The molecule has 0 saturated carbocycles. The zero-order chi connectivity index (χ0) is 18.9. The lowest BCUT2D eigenvalue weighted by atomic mass is 10.00. The molecular formula is C21H19N5OS. The molecule has 1 fully saturated rings. The molecule has 2 aromatic carbocycles. The molecule has 28 heavy (non-hydrogen) atoms. The molecular weight excluding hydrogens is 370 g/mol. The largest absolute Gasteiger partial charge is 0.339 e. The summed E-state index contributed by atoms with van der Waals surface area (Å²) in [4.78, 5) is 15.1. The average Bonchev–Trinajstić information content (AvgIpc) is 3.44. The molecule has 140 valence electrons. The fourth-order valence-corrected chi connectivity index (χ4v) is 4.75. The Bertz CT molecular complexity index is 1130. The minimum atomic E-state index is 0.0791. The summed E-state index contributed by atoms with van der Waals surface area (Å²) >= 11 is 1.71. The standard InChI is InChI=1S/C21H19N5OS/c27-21(25-8-4-1-5-9-25)16-10-15(11-17(12-16)26-14-22-23-24-26)19-13-28-20-7-3-2-6-18(19)20/h2-3,6-7,10-14H,1,4-5,8-9H2. The van der Waals surface area contributed by atoms with Gasteiger partial charge in [0.15, 0.2) is 0 Å². The van der Waals surface area contributed by atoms with Crippen LogP contribution in [0.4, 0.5) is 0 Å². The van der Waals surface area contributed by atoms with Crippen LogP contribution in [-0.4, -0.2) is 44.1 Å². The SMILES string of the molecule is O=C(c1cc(-c2csc3ccccc23)cc(-n2cnnn2)c1)N1CCCCC1. The van der Waals surface area contributed by atoms with Gasteiger partial charge in [-0.3, -0.25) is 4.79 Å². The number of hydrogen-bond donors (Lipinski definition) is 0. The number of thiophene rings is 1. The maximum absolute atomic E-state index is 13.2. The maximum atomic E-state index is 13.2. The molecule has 0 spiro atoms. The Morgan fingerprint density at radius 3 is 2.71 bits per heavy atom. The van der Waals surface area contributed by atoms with E-state index in [1.165, 1.54) is 16.5 Å². The third-order valence-electron chi connectivity index (χ3n) is 5.21. The van der Waals surface area contributed by atoms with E-state index in [1.54, 1.807) is 22.3 Å². The second-order valence-electron chi connectivity index (χ2n) is 7.02. The first-order chi connectivity index (χ1) is 13.8. The highest BCUT2D eigenvalue weighted by Crippen LogP contribution is 2.35. The smallest absolute Gasteiger partial charge is 0.253 e. The zero-order valence-electron chi connectivity index (χ0n) is 15.3. The van der Waals surface area contributed by atoms with E-state index in [1.807, 2.05) is 35.2 Å². The highest BCUT2D eigenvalue weighted by Gasteiger charge is 2.20. The number of fused-ring (bicyclic) bond motifs is 1. The first-order valence-corrected chi connectivity index (χ1v) is 10.3. The van der Waals surface area contributed by atoms with Crippen LogP contribution in [0, 0.1) is 0 Å². The monoisotopic (exact) mass is 389 g/mol. The summed E-state index contributed by atoms with van der Waals surface area (Å²) in [7, 11) is 0. The fraction of sp³-hybridized carbons (Fsp3) is 0.238. The molecule has 2 aromatic heterocycles. The van der Waals surface area contributed by atoms with Crippen molar-refractivity contribution in [3.05, 3.63) is 59.7 Å². The Labute approximate surface area is 166 Å². The topological polar surface area (TPSA) is 63.9 Å². The Morgan fingerprint density at radius 2 is 1.89 bits per heavy atom. The molecule has 7 heteroatoms. The van der Waals surface area contributed by atoms with Crippen LogP contribution in [0.3, 0.4) is 0 Å². The number of carbonyl (C=O) groups excluding carboxylic acids is 1. The van der Waals surface area contributed by atoms with Crippen molar-refractivity contribution in [1.82, 2.24) is 25.1 Å². The van der Waals surface area contributed by atoms with Gasteiger partial charge >= 0.3 is 0 Å². The van der Waals surface area contributed by atoms with Crippen LogP contribution >= 0.6 is 11.3 Å². The van der Waals surface area contributed by atoms with Crippen LogP contribution in [0.1, 0.15) is 29.6 Å². The van der Waals surface area contributed by atoms with Gasteiger partial charge in [0.05, 0.1) is 5.69 Å². The van der Waals surface area contributed by atoms with E-state index in [4.69, 9.17) is 0 Å². The number of benzene rings is 2. The summed E-state index contributed by atoms with van der Waals surface area (Å²) in [5, 5.41) is 14.8. The molecule has 0 atom stereocenters. The molecule has 0 bridgehead atoms. The van der Waals surface area contributed by atoms with Gasteiger partial charge in [-0.05, 0) is 64.9 Å². The first kappa shape index (κ1) is 17.1. The molecule has 1 aliphatic heterocycles. The van der Waals surface area contributed by atoms with Crippen molar-refractivity contribution in [1.29, 1.82) is 0 Å². The highest BCUT2D eigenvalue weighted by molar-refractivity contribution is 7.17. The number of carbonyl (C=O) groups is 1. The third-order valence-corrected chi connectivity index (χ3v) is 6.18.